The number of aromatic nitrogens is 1. The van der Waals surface area contributed by atoms with Crippen molar-refractivity contribution in [1.29, 1.82) is 0 Å². The first-order valence-corrected chi connectivity index (χ1v) is 8.45. The first-order valence-electron chi connectivity index (χ1n) is 8.45. The maximum atomic E-state index is 12.5. The van der Waals surface area contributed by atoms with Crippen molar-refractivity contribution >= 4 is 5.91 Å². The SMILES string of the molecule is CCC(NC(=O)c1ccc(C(C)(C)C)[nH]c1=O)c1ccc(OC)cc1. The lowest BCUT2D eigenvalue weighted by Crippen LogP contribution is -2.33. The number of H-pyrrole nitrogens is 1. The van der Waals surface area contributed by atoms with Crippen molar-refractivity contribution in [3.8, 4) is 5.75 Å². The first-order chi connectivity index (χ1) is 11.8. The van der Waals surface area contributed by atoms with Gasteiger partial charge in [-0.2, -0.15) is 0 Å². The molecule has 1 amide bonds. The zero-order valence-electron chi connectivity index (χ0n) is 15.5. The number of nitrogens with one attached hydrogen (secondary N) is 2. The predicted molar refractivity (Wildman–Crippen MR) is 99.3 cm³/mol. The summed E-state index contributed by atoms with van der Waals surface area (Å²) in [5.74, 6) is 0.392. The lowest BCUT2D eigenvalue weighted by atomic mass is 9.91. The average molecular weight is 342 g/mol. The van der Waals surface area contributed by atoms with Gasteiger partial charge in [0.1, 0.15) is 11.3 Å². The Balaban J connectivity index is 2.20. The van der Waals surface area contributed by atoms with Crippen molar-refractivity contribution in [2.45, 2.75) is 45.6 Å². The Hall–Kier alpha value is -2.56. The summed E-state index contributed by atoms with van der Waals surface area (Å²) in [7, 11) is 1.61. The summed E-state index contributed by atoms with van der Waals surface area (Å²) in [5, 5.41) is 2.94. The highest BCUT2D eigenvalue weighted by Gasteiger charge is 2.20. The number of ether oxygens (including phenoxy) is 1. The summed E-state index contributed by atoms with van der Waals surface area (Å²) in [6, 6.07) is 10.8. The van der Waals surface area contributed by atoms with E-state index >= 15 is 0 Å². The number of aromatic amines is 1. The standard InChI is InChI=1S/C20H26N2O3/c1-6-16(13-7-9-14(25-5)10-8-13)21-18(23)15-11-12-17(20(2,3)4)22-19(15)24/h7-12,16H,6H2,1-5H3,(H,21,23)(H,22,24). The highest BCUT2D eigenvalue weighted by molar-refractivity contribution is 5.94. The fraction of sp³-hybridized carbons (Fsp3) is 0.400. The van der Waals surface area contributed by atoms with Crippen molar-refractivity contribution in [2.75, 3.05) is 7.11 Å². The van der Waals surface area contributed by atoms with Crippen LogP contribution in [-0.4, -0.2) is 18.0 Å². The van der Waals surface area contributed by atoms with E-state index in [4.69, 9.17) is 4.74 Å². The Morgan fingerprint density at radius 1 is 1.16 bits per heavy atom. The van der Waals surface area contributed by atoms with Gasteiger partial charge in [0, 0.05) is 11.1 Å². The minimum absolute atomic E-state index is 0.125. The molecule has 1 heterocycles. The third-order valence-corrected chi connectivity index (χ3v) is 4.19. The molecule has 134 valence electrons. The molecular weight excluding hydrogens is 316 g/mol. The van der Waals surface area contributed by atoms with E-state index in [0.717, 1.165) is 23.4 Å². The second-order valence-corrected chi connectivity index (χ2v) is 7.07. The summed E-state index contributed by atoms with van der Waals surface area (Å²) in [5.41, 5.74) is 1.36. The Bertz CT molecular complexity index is 786. The Labute approximate surface area is 148 Å². The van der Waals surface area contributed by atoms with Gasteiger partial charge in [-0.1, -0.05) is 39.8 Å². The minimum Gasteiger partial charge on any atom is -0.497 e. The lowest BCUT2D eigenvalue weighted by Gasteiger charge is -2.20. The fourth-order valence-corrected chi connectivity index (χ4v) is 2.58. The Kier molecular flexibility index (Phi) is 5.67. The monoisotopic (exact) mass is 342 g/mol. The van der Waals surface area contributed by atoms with Crippen molar-refractivity contribution in [1.82, 2.24) is 10.3 Å². The molecule has 0 fully saturated rings. The normalized spacial score (nSPS) is 12.5. The van der Waals surface area contributed by atoms with E-state index < -0.39 is 0 Å². The van der Waals surface area contributed by atoms with Crippen molar-refractivity contribution in [3.63, 3.8) is 0 Å². The highest BCUT2D eigenvalue weighted by Crippen LogP contribution is 2.21. The van der Waals surface area contributed by atoms with Gasteiger partial charge in [-0.25, -0.2) is 0 Å². The minimum atomic E-state index is -0.371. The van der Waals surface area contributed by atoms with E-state index in [1.807, 2.05) is 52.0 Å². The number of carbonyl (C=O) groups is 1. The molecule has 1 unspecified atom stereocenters. The van der Waals surface area contributed by atoms with Gasteiger partial charge >= 0.3 is 0 Å². The largest absolute Gasteiger partial charge is 0.497 e. The van der Waals surface area contributed by atoms with Gasteiger partial charge in [0.25, 0.3) is 11.5 Å². The van der Waals surface area contributed by atoms with Crippen LogP contribution in [0.15, 0.2) is 41.2 Å². The van der Waals surface area contributed by atoms with Gasteiger partial charge < -0.3 is 15.0 Å². The molecule has 0 saturated carbocycles. The summed E-state index contributed by atoms with van der Waals surface area (Å²) in [6.07, 6.45) is 0.718. The second kappa shape index (κ2) is 7.55. The topological polar surface area (TPSA) is 71.2 Å². The average Bonchev–Trinajstić information content (AvgIpc) is 2.58. The third kappa shape index (κ3) is 4.50. The number of hydrogen-bond acceptors (Lipinski definition) is 3. The molecular formula is C20H26N2O3. The zero-order chi connectivity index (χ0) is 18.6. The van der Waals surface area contributed by atoms with Crippen LogP contribution in [0.4, 0.5) is 0 Å². The molecule has 1 aromatic carbocycles. The molecule has 5 heteroatoms. The van der Waals surface area contributed by atoms with Crippen LogP contribution in [0.25, 0.3) is 0 Å². The number of amides is 1. The maximum absolute atomic E-state index is 12.5. The lowest BCUT2D eigenvalue weighted by molar-refractivity contribution is 0.0934. The predicted octanol–water partition coefficient (Wildman–Crippen LogP) is 3.56. The molecule has 1 atom stereocenters. The van der Waals surface area contributed by atoms with Crippen LogP contribution in [0.1, 0.15) is 61.8 Å². The number of carbonyl (C=O) groups excluding carboxylic acids is 1. The van der Waals surface area contributed by atoms with Crippen LogP contribution in [-0.2, 0) is 5.41 Å². The van der Waals surface area contributed by atoms with Gasteiger partial charge in [0.2, 0.25) is 0 Å². The van der Waals surface area contributed by atoms with Gasteiger partial charge in [0.05, 0.1) is 13.2 Å². The van der Waals surface area contributed by atoms with Crippen LogP contribution < -0.4 is 15.6 Å². The van der Waals surface area contributed by atoms with E-state index in [1.165, 1.54) is 0 Å². The quantitative estimate of drug-likeness (QED) is 0.873. The molecule has 0 aliphatic rings. The van der Waals surface area contributed by atoms with Crippen molar-refractivity contribution in [3.05, 3.63) is 63.6 Å². The molecule has 2 rings (SSSR count). The molecule has 2 N–H and O–H groups in total. The summed E-state index contributed by atoms with van der Waals surface area (Å²) >= 11 is 0. The first kappa shape index (κ1) is 18.8. The number of rotatable bonds is 5. The van der Waals surface area contributed by atoms with Gasteiger partial charge in [-0.15, -0.1) is 0 Å². The molecule has 0 bridgehead atoms. The molecule has 0 spiro atoms. The zero-order valence-corrected chi connectivity index (χ0v) is 15.5. The van der Waals surface area contributed by atoms with E-state index in [9.17, 15) is 9.59 Å². The molecule has 25 heavy (non-hydrogen) atoms. The number of benzene rings is 1. The van der Waals surface area contributed by atoms with Crippen molar-refractivity contribution < 1.29 is 9.53 Å². The maximum Gasteiger partial charge on any atom is 0.261 e. The molecule has 0 saturated heterocycles. The molecule has 2 aromatic rings. The third-order valence-electron chi connectivity index (χ3n) is 4.19. The van der Waals surface area contributed by atoms with E-state index in [1.54, 1.807) is 19.2 Å². The summed E-state index contributed by atoms with van der Waals surface area (Å²) < 4.78 is 5.15. The van der Waals surface area contributed by atoms with E-state index in [-0.39, 0.29) is 28.5 Å². The Morgan fingerprint density at radius 3 is 2.28 bits per heavy atom. The molecule has 0 radical (unpaired) electrons. The summed E-state index contributed by atoms with van der Waals surface area (Å²) in [6.45, 7) is 8.01. The molecule has 1 aromatic heterocycles. The molecule has 5 nitrogen and oxygen atoms in total. The van der Waals surface area contributed by atoms with Crippen LogP contribution in [0.5, 0.6) is 5.75 Å². The van der Waals surface area contributed by atoms with E-state index in [2.05, 4.69) is 10.3 Å². The van der Waals surface area contributed by atoms with Crippen LogP contribution >= 0.6 is 0 Å². The second-order valence-electron chi connectivity index (χ2n) is 7.07. The molecule has 0 aliphatic carbocycles. The summed E-state index contributed by atoms with van der Waals surface area (Å²) in [4.78, 5) is 27.6. The van der Waals surface area contributed by atoms with E-state index in [0.29, 0.717) is 0 Å². The number of pyridine rings is 1. The number of methoxy groups -OCH3 is 1. The van der Waals surface area contributed by atoms with Crippen LogP contribution in [0.3, 0.4) is 0 Å². The van der Waals surface area contributed by atoms with Crippen LogP contribution in [0, 0.1) is 0 Å². The smallest absolute Gasteiger partial charge is 0.261 e. The van der Waals surface area contributed by atoms with Crippen molar-refractivity contribution in [2.24, 2.45) is 0 Å². The molecule has 0 aliphatic heterocycles. The fourth-order valence-electron chi connectivity index (χ4n) is 2.58. The van der Waals surface area contributed by atoms with Gasteiger partial charge in [-0.05, 0) is 36.2 Å². The van der Waals surface area contributed by atoms with Crippen LogP contribution in [0.2, 0.25) is 0 Å². The Morgan fingerprint density at radius 2 is 1.80 bits per heavy atom. The van der Waals surface area contributed by atoms with Gasteiger partial charge in [0.15, 0.2) is 0 Å². The van der Waals surface area contributed by atoms with Gasteiger partial charge in [-0.3, -0.25) is 9.59 Å². The number of hydrogen-bond donors (Lipinski definition) is 2. The highest BCUT2D eigenvalue weighted by atomic mass is 16.5.